The second-order valence-corrected chi connectivity index (χ2v) is 5.64. The lowest BCUT2D eigenvalue weighted by Crippen LogP contribution is -1.94. The Kier molecular flexibility index (Phi) is 3.74. The van der Waals surface area contributed by atoms with Crippen molar-refractivity contribution in [2.45, 2.75) is 23.6 Å². The van der Waals surface area contributed by atoms with E-state index in [-0.39, 0.29) is 5.78 Å². The van der Waals surface area contributed by atoms with E-state index in [0.29, 0.717) is 0 Å². The standard InChI is InChI=1S/C13H11BrO2S/c1-8(15)11-7-10(14)3-4-13(11)17-12-5-6-16-9(12)2/h3-7H,1-2H3. The Bertz CT molecular complexity index is 560. The molecule has 0 atom stereocenters. The summed E-state index contributed by atoms with van der Waals surface area (Å²) in [5.41, 5.74) is 0.727. The zero-order valence-electron chi connectivity index (χ0n) is 9.49. The van der Waals surface area contributed by atoms with Crippen LogP contribution in [-0.2, 0) is 0 Å². The number of aryl methyl sites for hydroxylation is 1. The minimum absolute atomic E-state index is 0.0648. The number of furan rings is 1. The van der Waals surface area contributed by atoms with Crippen molar-refractivity contribution in [2.24, 2.45) is 0 Å². The molecule has 0 bridgehead atoms. The summed E-state index contributed by atoms with van der Waals surface area (Å²) in [5.74, 6) is 0.933. The molecule has 0 aliphatic rings. The van der Waals surface area contributed by atoms with Gasteiger partial charge >= 0.3 is 0 Å². The Morgan fingerprint density at radius 2 is 2.06 bits per heavy atom. The SMILES string of the molecule is CC(=O)c1cc(Br)ccc1Sc1ccoc1C. The molecule has 0 saturated heterocycles. The van der Waals surface area contributed by atoms with Crippen molar-refractivity contribution in [1.82, 2.24) is 0 Å². The summed E-state index contributed by atoms with van der Waals surface area (Å²) >= 11 is 4.93. The highest BCUT2D eigenvalue weighted by atomic mass is 79.9. The van der Waals surface area contributed by atoms with Crippen LogP contribution in [-0.4, -0.2) is 5.78 Å². The first-order chi connectivity index (χ1) is 8.08. The number of Topliss-reactive ketones (excluding diaryl/α,β-unsaturated/α-hetero) is 1. The smallest absolute Gasteiger partial charge is 0.160 e. The highest BCUT2D eigenvalue weighted by molar-refractivity contribution is 9.10. The Labute approximate surface area is 113 Å². The molecule has 0 saturated carbocycles. The van der Waals surface area contributed by atoms with E-state index in [9.17, 15) is 4.79 Å². The van der Waals surface area contributed by atoms with E-state index < -0.39 is 0 Å². The van der Waals surface area contributed by atoms with Gasteiger partial charge in [-0.1, -0.05) is 27.7 Å². The van der Waals surface area contributed by atoms with Crippen LogP contribution in [0, 0.1) is 6.92 Å². The minimum Gasteiger partial charge on any atom is -0.468 e. The van der Waals surface area contributed by atoms with Gasteiger partial charge in [0.1, 0.15) is 5.76 Å². The second kappa shape index (κ2) is 5.10. The summed E-state index contributed by atoms with van der Waals surface area (Å²) in [4.78, 5) is 13.6. The third kappa shape index (κ3) is 2.82. The number of ketones is 1. The molecule has 0 aliphatic heterocycles. The molecular weight excluding hydrogens is 300 g/mol. The number of benzene rings is 1. The summed E-state index contributed by atoms with van der Waals surface area (Å²) < 4.78 is 6.16. The van der Waals surface area contributed by atoms with Crippen molar-refractivity contribution in [3.63, 3.8) is 0 Å². The van der Waals surface area contributed by atoms with Crippen molar-refractivity contribution in [2.75, 3.05) is 0 Å². The number of halogens is 1. The van der Waals surface area contributed by atoms with Crippen LogP contribution in [0.4, 0.5) is 0 Å². The van der Waals surface area contributed by atoms with Crippen molar-refractivity contribution in [3.05, 3.63) is 46.3 Å². The van der Waals surface area contributed by atoms with E-state index in [1.807, 2.05) is 31.2 Å². The van der Waals surface area contributed by atoms with Gasteiger partial charge in [0, 0.05) is 14.9 Å². The molecule has 0 spiro atoms. The van der Waals surface area contributed by atoms with Crippen LogP contribution in [0.25, 0.3) is 0 Å². The lowest BCUT2D eigenvalue weighted by Gasteiger charge is -2.06. The first-order valence-corrected chi connectivity index (χ1v) is 6.71. The molecule has 2 aromatic rings. The van der Waals surface area contributed by atoms with Gasteiger partial charge in [-0.2, -0.15) is 0 Å². The highest BCUT2D eigenvalue weighted by Crippen LogP contribution is 2.34. The fourth-order valence-corrected chi connectivity index (χ4v) is 2.83. The maximum absolute atomic E-state index is 11.6. The zero-order valence-corrected chi connectivity index (χ0v) is 11.9. The van der Waals surface area contributed by atoms with Crippen LogP contribution in [0.2, 0.25) is 0 Å². The third-order valence-corrected chi connectivity index (χ3v) is 4.06. The number of hydrogen-bond acceptors (Lipinski definition) is 3. The summed E-state index contributed by atoms with van der Waals surface area (Å²) in [5, 5.41) is 0. The van der Waals surface area contributed by atoms with Gasteiger partial charge in [-0.05, 0) is 38.1 Å². The Morgan fingerprint density at radius 1 is 1.29 bits per heavy atom. The molecule has 2 rings (SSSR count). The van der Waals surface area contributed by atoms with Gasteiger partial charge in [-0.15, -0.1) is 0 Å². The molecule has 0 fully saturated rings. The van der Waals surface area contributed by atoms with Gasteiger partial charge < -0.3 is 4.42 Å². The molecule has 0 unspecified atom stereocenters. The Hall–Kier alpha value is -1.00. The quantitative estimate of drug-likeness (QED) is 0.769. The van der Waals surface area contributed by atoms with Crippen LogP contribution >= 0.6 is 27.7 Å². The summed E-state index contributed by atoms with van der Waals surface area (Å²) in [6.07, 6.45) is 1.66. The minimum atomic E-state index is 0.0648. The van der Waals surface area contributed by atoms with Crippen molar-refractivity contribution < 1.29 is 9.21 Å². The molecule has 0 amide bonds. The molecule has 1 heterocycles. The van der Waals surface area contributed by atoms with Crippen LogP contribution in [0.3, 0.4) is 0 Å². The first kappa shape index (κ1) is 12.5. The predicted octanol–water partition coefficient (Wildman–Crippen LogP) is 4.70. The predicted molar refractivity (Wildman–Crippen MR) is 71.7 cm³/mol. The monoisotopic (exact) mass is 310 g/mol. The molecule has 1 aromatic carbocycles. The van der Waals surface area contributed by atoms with Crippen LogP contribution in [0.5, 0.6) is 0 Å². The maximum atomic E-state index is 11.6. The Balaban J connectivity index is 2.39. The van der Waals surface area contributed by atoms with E-state index in [1.165, 1.54) is 0 Å². The normalized spacial score (nSPS) is 10.5. The second-order valence-electron chi connectivity index (χ2n) is 3.64. The number of carbonyl (C=O) groups excluding carboxylic acids is 1. The van der Waals surface area contributed by atoms with E-state index >= 15 is 0 Å². The molecule has 4 heteroatoms. The van der Waals surface area contributed by atoms with Gasteiger partial charge in [0.15, 0.2) is 5.78 Å². The largest absolute Gasteiger partial charge is 0.468 e. The fourth-order valence-electron chi connectivity index (χ4n) is 1.46. The van der Waals surface area contributed by atoms with Gasteiger partial charge in [-0.25, -0.2) is 0 Å². The topological polar surface area (TPSA) is 30.2 Å². The van der Waals surface area contributed by atoms with E-state index in [1.54, 1.807) is 24.9 Å². The Morgan fingerprint density at radius 3 is 2.65 bits per heavy atom. The maximum Gasteiger partial charge on any atom is 0.160 e. The number of hydrogen-bond donors (Lipinski definition) is 0. The molecule has 88 valence electrons. The number of carbonyl (C=O) groups is 1. The molecule has 0 aliphatic carbocycles. The van der Waals surface area contributed by atoms with Gasteiger partial charge in [0.2, 0.25) is 0 Å². The summed E-state index contributed by atoms with van der Waals surface area (Å²) in [7, 11) is 0. The van der Waals surface area contributed by atoms with Crippen molar-refractivity contribution in [1.29, 1.82) is 0 Å². The van der Waals surface area contributed by atoms with Crippen LogP contribution in [0.15, 0.2) is 49.2 Å². The van der Waals surface area contributed by atoms with Gasteiger partial charge in [0.05, 0.1) is 11.2 Å². The molecular formula is C13H11BrO2S. The lowest BCUT2D eigenvalue weighted by molar-refractivity contribution is 0.101. The molecule has 1 aromatic heterocycles. The average molecular weight is 311 g/mol. The summed E-state index contributed by atoms with van der Waals surface area (Å²) in [6, 6.07) is 7.63. The number of rotatable bonds is 3. The average Bonchev–Trinajstić information content (AvgIpc) is 2.67. The van der Waals surface area contributed by atoms with Crippen LogP contribution in [0.1, 0.15) is 23.0 Å². The van der Waals surface area contributed by atoms with Gasteiger partial charge in [-0.3, -0.25) is 4.79 Å². The summed E-state index contributed by atoms with van der Waals surface area (Å²) in [6.45, 7) is 3.49. The van der Waals surface area contributed by atoms with Crippen molar-refractivity contribution >= 4 is 33.5 Å². The highest BCUT2D eigenvalue weighted by Gasteiger charge is 2.11. The third-order valence-electron chi connectivity index (χ3n) is 2.35. The fraction of sp³-hybridized carbons (Fsp3) is 0.154. The van der Waals surface area contributed by atoms with Crippen LogP contribution < -0.4 is 0 Å². The lowest BCUT2D eigenvalue weighted by atomic mass is 10.1. The first-order valence-electron chi connectivity index (χ1n) is 5.10. The van der Waals surface area contributed by atoms with E-state index in [2.05, 4.69) is 15.9 Å². The molecule has 0 radical (unpaired) electrons. The van der Waals surface area contributed by atoms with Crippen molar-refractivity contribution in [3.8, 4) is 0 Å². The molecule has 17 heavy (non-hydrogen) atoms. The van der Waals surface area contributed by atoms with Gasteiger partial charge in [0.25, 0.3) is 0 Å². The van der Waals surface area contributed by atoms with E-state index in [4.69, 9.17) is 4.42 Å². The van der Waals surface area contributed by atoms with E-state index in [0.717, 1.165) is 25.6 Å². The molecule has 2 nitrogen and oxygen atoms in total. The molecule has 0 N–H and O–H groups in total. The zero-order chi connectivity index (χ0) is 12.4.